The van der Waals surface area contributed by atoms with Crippen LogP contribution in [0.4, 0.5) is 0 Å². The average Bonchev–Trinajstić information content (AvgIpc) is 3.54. The fourth-order valence-electron chi connectivity index (χ4n) is 5.06. The molecule has 2 aromatic rings. The third kappa shape index (κ3) is 7.41. The molecule has 6 N–H and O–H groups in total. The van der Waals surface area contributed by atoms with Gasteiger partial charge in [0.15, 0.2) is 0 Å². The molecule has 0 aromatic heterocycles. The van der Waals surface area contributed by atoms with Crippen molar-refractivity contribution in [3.05, 3.63) is 71.8 Å². The van der Waals surface area contributed by atoms with E-state index in [0.717, 1.165) is 11.1 Å². The number of amides is 3. The Morgan fingerprint density at radius 2 is 1.44 bits per heavy atom. The number of benzene rings is 2. The quantitative estimate of drug-likeness (QED) is 0.229. The number of nitrogens with zero attached hydrogens (tertiary/aromatic N) is 1. The molecule has 0 unspecified atom stereocenters. The Morgan fingerprint density at radius 1 is 0.846 bits per heavy atom. The van der Waals surface area contributed by atoms with E-state index >= 15 is 0 Å². The van der Waals surface area contributed by atoms with E-state index in [1.165, 1.54) is 4.90 Å². The number of carboxylic acid groups (broad SMARTS) is 1. The van der Waals surface area contributed by atoms with Gasteiger partial charge in [0.2, 0.25) is 17.7 Å². The Morgan fingerprint density at radius 3 is 1.97 bits per heavy atom. The van der Waals surface area contributed by atoms with Gasteiger partial charge in [0, 0.05) is 32.4 Å². The molecule has 2 aliphatic rings. The second kappa shape index (κ2) is 12.8. The van der Waals surface area contributed by atoms with E-state index in [0.29, 0.717) is 0 Å². The van der Waals surface area contributed by atoms with Crippen molar-refractivity contribution in [1.29, 1.82) is 0 Å². The molecule has 4 rings (SSSR count). The molecule has 6 atom stereocenters. The summed E-state index contributed by atoms with van der Waals surface area (Å²) < 4.78 is 0. The number of aliphatic hydroxyl groups is 2. The molecule has 11 nitrogen and oxygen atoms in total. The van der Waals surface area contributed by atoms with Crippen molar-refractivity contribution < 1.29 is 34.5 Å². The minimum Gasteiger partial charge on any atom is -0.480 e. The molecule has 2 aliphatic heterocycles. The first-order valence-electron chi connectivity index (χ1n) is 13.0. The van der Waals surface area contributed by atoms with Crippen LogP contribution in [0.3, 0.4) is 0 Å². The molecule has 3 amide bonds. The van der Waals surface area contributed by atoms with Crippen LogP contribution in [0.2, 0.25) is 0 Å². The maximum absolute atomic E-state index is 13.4. The maximum atomic E-state index is 13.4. The average molecular weight is 539 g/mol. The molecule has 0 aliphatic carbocycles. The lowest BCUT2D eigenvalue weighted by atomic mass is 10.0. The number of carbonyl (C=O) groups excluding carboxylic acids is 3. The van der Waals surface area contributed by atoms with Crippen LogP contribution in [0, 0.1) is 0 Å². The highest BCUT2D eigenvalue weighted by Crippen LogP contribution is 2.22. The monoisotopic (exact) mass is 538 g/mol. The number of nitrogens with one attached hydrogen (secondary N) is 3. The van der Waals surface area contributed by atoms with Gasteiger partial charge in [-0.2, -0.15) is 0 Å². The van der Waals surface area contributed by atoms with Crippen LogP contribution in [0.25, 0.3) is 0 Å². The standard InChI is InChI=1S/C28H34N4O7/c33-19-13-22(29-15-19)27(37)32-16-20(34)14-24(32)26(36)30-21(11-17-7-3-1-4-8-17)25(35)31-23(28(38)39)12-18-9-5-2-6-10-18/h1-10,19-24,29,33-34H,11-16H2,(H,30,36)(H,31,35)(H,38,39)/t19-,20-,21+,22+,23+,24+/m1/s1. The highest BCUT2D eigenvalue weighted by molar-refractivity contribution is 5.94. The molecule has 2 aromatic carbocycles. The highest BCUT2D eigenvalue weighted by atomic mass is 16.4. The number of likely N-dealkylation sites (tertiary alicyclic amines) is 1. The van der Waals surface area contributed by atoms with Crippen LogP contribution in [-0.4, -0.2) is 93.4 Å². The second-order valence-electron chi connectivity index (χ2n) is 10.1. The number of aliphatic carboxylic acids is 1. The van der Waals surface area contributed by atoms with E-state index in [4.69, 9.17) is 0 Å². The maximum Gasteiger partial charge on any atom is 0.326 e. The second-order valence-corrected chi connectivity index (χ2v) is 10.1. The van der Waals surface area contributed by atoms with E-state index in [2.05, 4.69) is 16.0 Å². The van der Waals surface area contributed by atoms with Crippen LogP contribution >= 0.6 is 0 Å². The summed E-state index contributed by atoms with van der Waals surface area (Å²) in [5.41, 5.74) is 1.48. The first-order valence-corrected chi connectivity index (χ1v) is 13.0. The molecule has 0 radical (unpaired) electrons. The van der Waals surface area contributed by atoms with E-state index in [1.807, 2.05) is 12.1 Å². The highest BCUT2D eigenvalue weighted by Gasteiger charge is 2.43. The summed E-state index contributed by atoms with van der Waals surface area (Å²) in [6, 6.07) is 13.8. The summed E-state index contributed by atoms with van der Waals surface area (Å²) in [5, 5.41) is 38.0. The molecule has 208 valence electrons. The summed E-state index contributed by atoms with van der Waals surface area (Å²) in [7, 11) is 0. The Balaban J connectivity index is 1.50. The molecule has 0 bridgehead atoms. The molecule has 39 heavy (non-hydrogen) atoms. The van der Waals surface area contributed by atoms with Crippen LogP contribution in [0.1, 0.15) is 24.0 Å². The van der Waals surface area contributed by atoms with E-state index in [1.54, 1.807) is 48.5 Å². The van der Waals surface area contributed by atoms with Gasteiger partial charge < -0.3 is 36.2 Å². The van der Waals surface area contributed by atoms with Crippen LogP contribution in [0.15, 0.2) is 60.7 Å². The normalized spacial score (nSPS) is 24.1. The van der Waals surface area contributed by atoms with Gasteiger partial charge in [-0.15, -0.1) is 0 Å². The lowest BCUT2D eigenvalue weighted by Crippen LogP contribution is -2.57. The summed E-state index contributed by atoms with van der Waals surface area (Å²) >= 11 is 0. The van der Waals surface area contributed by atoms with Gasteiger partial charge >= 0.3 is 5.97 Å². The minimum atomic E-state index is -1.22. The number of carboxylic acids is 1. The van der Waals surface area contributed by atoms with Crippen molar-refractivity contribution >= 4 is 23.7 Å². The van der Waals surface area contributed by atoms with Crippen LogP contribution < -0.4 is 16.0 Å². The third-order valence-electron chi connectivity index (χ3n) is 7.08. The molecule has 0 spiro atoms. The predicted molar refractivity (Wildman–Crippen MR) is 140 cm³/mol. The first-order chi connectivity index (χ1) is 18.7. The van der Waals surface area contributed by atoms with Crippen molar-refractivity contribution in [2.45, 2.75) is 62.1 Å². The van der Waals surface area contributed by atoms with Gasteiger partial charge in [-0.1, -0.05) is 60.7 Å². The molecular formula is C28H34N4O7. The molecule has 0 saturated carbocycles. The lowest BCUT2D eigenvalue weighted by molar-refractivity contribution is -0.143. The van der Waals surface area contributed by atoms with Crippen LogP contribution in [0.5, 0.6) is 0 Å². The number of rotatable bonds is 10. The SMILES string of the molecule is O=C(O)[C@H](Cc1ccccc1)NC(=O)[C@H](Cc1ccccc1)NC(=O)[C@@H]1C[C@@H](O)CN1C(=O)[C@@H]1C[C@@H](O)CN1. The number of hydrogen-bond donors (Lipinski definition) is 6. The summed E-state index contributed by atoms with van der Waals surface area (Å²) in [6.45, 7) is 0.218. The first kappa shape index (κ1) is 28.2. The Hall–Kier alpha value is -3.80. The fraction of sp³-hybridized carbons (Fsp3) is 0.429. The largest absolute Gasteiger partial charge is 0.480 e. The van der Waals surface area contributed by atoms with Crippen molar-refractivity contribution in [3.63, 3.8) is 0 Å². The molecular weight excluding hydrogens is 504 g/mol. The zero-order valence-electron chi connectivity index (χ0n) is 21.4. The Bertz CT molecular complexity index is 1160. The van der Waals surface area contributed by atoms with Gasteiger partial charge in [-0.05, 0) is 17.5 Å². The zero-order chi connectivity index (χ0) is 27.9. The van der Waals surface area contributed by atoms with Crippen molar-refractivity contribution in [1.82, 2.24) is 20.9 Å². The lowest BCUT2D eigenvalue weighted by Gasteiger charge is -2.28. The van der Waals surface area contributed by atoms with Crippen molar-refractivity contribution in [2.75, 3.05) is 13.1 Å². The molecule has 11 heteroatoms. The Labute approximate surface area is 226 Å². The topological polar surface area (TPSA) is 168 Å². The van der Waals surface area contributed by atoms with Crippen LogP contribution in [-0.2, 0) is 32.0 Å². The number of carbonyl (C=O) groups is 4. The summed E-state index contributed by atoms with van der Waals surface area (Å²) in [5.74, 6) is -2.91. The minimum absolute atomic E-state index is 0.00171. The molecule has 2 saturated heterocycles. The fourth-order valence-corrected chi connectivity index (χ4v) is 5.06. The number of β-amino-alcohol motifs (C(OH)–C–C–N with tert-alkyl or cyclic N) is 2. The zero-order valence-corrected chi connectivity index (χ0v) is 21.4. The van der Waals surface area contributed by atoms with Crippen molar-refractivity contribution in [3.8, 4) is 0 Å². The third-order valence-corrected chi connectivity index (χ3v) is 7.08. The van der Waals surface area contributed by atoms with Gasteiger partial charge in [0.05, 0.1) is 18.2 Å². The summed E-state index contributed by atoms with van der Waals surface area (Å²) in [6.07, 6.45) is -1.23. The molecule has 2 fully saturated rings. The smallest absolute Gasteiger partial charge is 0.326 e. The number of hydrogen-bond acceptors (Lipinski definition) is 7. The van der Waals surface area contributed by atoms with Gasteiger partial charge in [-0.3, -0.25) is 14.4 Å². The van der Waals surface area contributed by atoms with Gasteiger partial charge in [-0.25, -0.2) is 4.79 Å². The number of aliphatic hydroxyl groups excluding tert-OH is 2. The summed E-state index contributed by atoms with van der Waals surface area (Å²) in [4.78, 5) is 53.1. The van der Waals surface area contributed by atoms with Gasteiger partial charge in [0.25, 0.3) is 0 Å². The predicted octanol–water partition coefficient (Wildman–Crippen LogP) is -0.789. The van der Waals surface area contributed by atoms with Gasteiger partial charge in [0.1, 0.15) is 18.1 Å². The molecule has 2 heterocycles. The van der Waals surface area contributed by atoms with Crippen molar-refractivity contribution in [2.24, 2.45) is 0 Å². The van der Waals surface area contributed by atoms with E-state index in [9.17, 15) is 34.5 Å². The van der Waals surface area contributed by atoms with E-state index in [-0.39, 0.29) is 38.8 Å². The Kier molecular flexibility index (Phi) is 9.28. The van der Waals surface area contributed by atoms with E-state index < -0.39 is 60.1 Å².